The number of hydrogen-bond acceptors (Lipinski definition) is 4. The molecule has 1 aromatic carbocycles. The monoisotopic (exact) mass is 233 g/mol. The van der Waals surface area contributed by atoms with Crippen molar-refractivity contribution in [1.82, 2.24) is 0 Å². The van der Waals surface area contributed by atoms with E-state index in [0.717, 1.165) is 5.56 Å². The first-order chi connectivity index (χ1) is 8.16. The molecule has 0 amide bonds. The van der Waals surface area contributed by atoms with Crippen LogP contribution in [-0.2, 0) is 20.7 Å². The van der Waals surface area contributed by atoms with Gasteiger partial charge < -0.3 is 9.47 Å². The quantitative estimate of drug-likeness (QED) is 0.745. The fourth-order valence-electron chi connectivity index (χ4n) is 1.98. The van der Waals surface area contributed by atoms with Gasteiger partial charge in [0.2, 0.25) is 0 Å². The topological polar surface area (TPSA) is 47.9 Å². The fourth-order valence-corrected chi connectivity index (χ4v) is 1.98. The molecule has 1 aliphatic heterocycles. The first-order valence-electron chi connectivity index (χ1n) is 5.48. The molecule has 1 atom stereocenters. The van der Waals surface area contributed by atoms with Gasteiger partial charge in [-0.25, -0.2) is 9.79 Å². The van der Waals surface area contributed by atoms with E-state index in [9.17, 15) is 4.79 Å². The van der Waals surface area contributed by atoms with Gasteiger partial charge in [0.15, 0.2) is 11.4 Å². The third-order valence-corrected chi connectivity index (χ3v) is 2.80. The van der Waals surface area contributed by atoms with Crippen molar-refractivity contribution in [1.29, 1.82) is 0 Å². The van der Waals surface area contributed by atoms with Crippen molar-refractivity contribution in [2.75, 3.05) is 13.7 Å². The maximum Gasteiger partial charge on any atom is 0.337 e. The number of esters is 1. The molecular weight excluding hydrogens is 218 g/mol. The zero-order valence-corrected chi connectivity index (χ0v) is 9.97. The van der Waals surface area contributed by atoms with E-state index in [2.05, 4.69) is 4.99 Å². The highest BCUT2D eigenvalue weighted by Crippen LogP contribution is 2.25. The molecule has 1 heterocycles. The summed E-state index contributed by atoms with van der Waals surface area (Å²) in [4.78, 5) is 16.2. The summed E-state index contributed by atoms with van der Waals surface area (Å²) < 4.78 is 10.1. The molecule has 0 N–H and O–H groups in total. The predicted octanol–water partition coefficient (Wildman–Crippen LogP) is 1.59. The van der Waals surface area contributed by atoms with Gasteiger partial charge in [-0.2, -0.15) is 0 Å². The maximum absolute atomic E-state index is 11.9. The second-order valence-electron chi connectivity index (χ2n) is 4.11. The van der Waals surface area contributed by atoms with Gasteiger partial charge in [0.05, 0.1) is 7.11 Å². The average Bonchev–Trinajstić information content (AvgIpc) is 2.72. The summed E-state index contributed by atoms with van der Waals surface area (Å²) in [6, 6.07) is 9.75. The third kappa shape index (κ3) is 2.30. The smallest absolute Gasteiger partial charge is 0.337 e. The molecule has 4 nitrogen and oxygen atoms in total. The van der Waals surface area contributed by atoms with Crippen molar-refractivity contribution in [3.63, 3.8) is 0 Å². The van der Waals surface area contributed by atoms with Crippen molar-refractivity contribution in [2.45, 2.75) is 18.9 Å². The molecule has 1 aliphatic rings. The zero-order chi connectivity index (χ0) is 12.3. The van der Waals surface area contributed by atoms with Crippen LogP contribution in [0.2, 0.25) is 0 Å². The predicted molar refractivity (Wildman–Crippen MR) is 64.0 cm³/mol. The largest absolute Gasteiger partial charge is 0.478 e. The minimum Gasteiger partial charge on any atom is -0.478 e. The number of carbonyl (C=O) groups is 1. The van der Waals surface area contributed by atoms with Crippen LogP contribution in [-0.4, -0.2) is 31.1 Å². The van der Waals surface area contributed by atoms with Crippen LogP contribution in [0.1, 0.15) is 12.5 Å². The van der Waals surface area contributed by atoms with Crippen LogP contribution in [0.3, 0.4) is 0 Å². The molecular formula is C13H15NO3. The Balaban J connectivity index is 2.27. The molecule has 0 saturated carbocycles. The first kappa shape index (κ1) is 11.6. The Morgan fingerprint density at radius 3 is 2.71 bits per heavy atom. The van der Waals surface area contributed by atoms with Gasteiger partial charge in [-0.1, -0.05) is 30.3 Å². The molecule has 0 spiro atoms. The maximum atomic E-state index is 11.9. The molecule has 1 aromatic rings. The number of ether oxygens (including phenoxy) is 2. The molecule has 2 rings (SSSR count). The molecule has 0 aromatic heterocycles. The molecule has 0 saturated heterocycles. The average molecular weight is 233 g/mol. The molecule has 1 unspecified atom stereocenters. The Bertz CT molecular complexity index is 441. The number of hydrogen-bond donors (Lipinski definition) is 0. The lowest BCUT2D eigenvalue weighted by Crippen LogP contribution is -2.41. The fraction of sp³-hybridized carbons (Fsp3) is 0.385. The summed E-state index contributed by atoms with van der Waals surface area (Å²) in [6.07, 6.45) is 0.498. The van der Waals surface area contributed by atoms with E-state index < -0.39 is 5.54 Å². The number of methoxy groups -OCH3 is 1. The van der Waals surface area contributed by atoms with Crippen LogP contribution in [0.25, 0.3) is 0 Å². The van der Waals surface area contributed by atoms with E-state index in [0.29, 0.717) is 12.3 Å². The van der Waals surface area contributed by atoms with Gasteiger partial charge >= 0.3 is 5.97 Å². The number of aliphatic imine (C=N–C) groups is 1. The highest BCUT2D eigenvalue weighted by atomic mass is 16.5. The van der Waals surface area contributed by atoms with E-state index >= 15 is 0 Å². The van der Waals surface area contributed by atoms with Crippen LogP contribution in [0, 0.1) is 0 Å². The SMILES string of the molecule is COC(=O)C1(Cc2ccccc2)COC(C)=N1. The van der Waals surface area contributed by atoms with Crippen LogP contribution in [0.15, 0.2) is 35.3 Å². The first-order valence-corrected chi connectivity index (χ1v) is 5.48. The number of nitrogens with zero attached hydrogens (tertiary/aromatic N) is 1. The summed E-state index contributed by atoms with van der Waals surface area (Å²) in [5.41, 5.74) is 0.125. The van der Waals surface area contributed by atoms with Gasteiger partial charge in [0.1, 0.15) is 6.61 Å². The second kappa shape index (κ2) is 4.57. The van der Waals surface area contributed by atoms with Crippen molar-refractivity contribution in [3.8, 4) is 0 Å². The minimum absolute atomic E-state index is 0.250. The molecule has 0 aliphatic carbocycles. The molecule has 17 heavy (non-hydrogen) atoms. The summed E-state index contributed by atoms with van der Waals surface area (Å²) in [7, 11) is 1.37. The van der Waals surface area contributed by atoms with Crippen LogP contribution < -0.4 is 0 Å². The highest BCUT2D eigenvalue weighted by Gasteiger charge is 2.44. The van der Waals surface area contributed by atoms with E-state index in [1.165, 1.54) is 7.11 Å². The summed E-state index contributed by atoms with van der Waals surface area (Å²) in [6.45, 7) is 2.00. The van der Waals surface area contributed by atoms with E-state index in [-0.39, 0.29) is 12.6 Å². The van der Waals surface area contributed by atoms with E-state index in [1.54, 1.807) is 6.92 Å². The Morgan fingerprint density at radius 1 is 1.47 bits per heavy atom. The Hall–Kier alpha value is -1.84. The number of benzene rings is 1. The summed E-state index contributed by atoms with van der Waals surface area (Å²) in [5.74, 6) is 0.185. The lowest BCUT2D eigenvalue weighted by atomic mass is 9.92. The lowest BCUT2D eigenvalue weighted by Gasteiger charge is -2.20. The Labute approximate surface area is 100 Å². The van der Waals surface area contributed by atoms with Crippen molar-refractivity contribution < 1.29 is 14.3 Å². The normalized spacial score (nSPS) is 22.8. The second-order valence-corrected chi connectivity index (χ2v) is 4.11. The van der Waals surface area contributed by atoms with E-state index in [4.69, 9.17) is 9.47 Å². The molecule has 0 radical (unpaired) electrons. The van der Waals surface area contributed by atoms with Crippen molar-refractivity contribution in [3.05, 3.63) is 35.9 Å². The molecule has 0 bridgehead atoms. The van der Waals surface area contributed by atoms with Gasteiger partial charge in [0, 0.05) is 13.3 Å². The van der Waals surface area contributed by atoms with Gasteiger partial charge in [-0.05, 0) is 5.56 Å². The number of rotatable bonds is 3. The molecule has 90 valence electrons. The summed E-state index contributed by atoms with van der Waals surface area (Å²) in [5, 5.41) is 0. The van der Waals surface area contributed by atoms with Gasteiger partial charge in [-0.15, -0.1) is 0 Å². The Kier molecular flexibility index (Phi) is 3.13. The van der Waals surface area contributed by atoms with Crippen molar-refractivity contribution in [2.24, 2.45) is 4.99 Å². The molecule has 4 heteroatoms. The minimum atomic E-state index is -0.916. The standard InChI is InChI=1S/C13H15NO3/c1-10-14-13(9-17-10,12(15)16-2)8-11-6-4-3-5-7-11/h3-7H,8-9H2,1-2H3. The third-order valence-electron chi connectivity index (χ3n) is 2.80. The Morgan fingerprint density at radius 2 is 2.18 bits per heavy atom. The summed E-state index contributed by atoms with van der Waals surface area (Å²) >= 11 is 0. The molecule has 0 fully saturated rings. The number of carbonyl (C=O) groups excluding carboxylic acids is 1. The lowest BCUT2D eigenvalue weighted by molar-refractivity contribution is -0.147. The van der Waals surface area contributed by atoms with Crippen LogP contribution >= 0.6 is 0 Å². The highest BCUT2D eigenvalue weighted by molar-refractivity contribution is 5.88. The van der Waals surface area contributed by atoms with Crippen LogP contribution in [0.4, 0.5) is 0 Å². The van der Waals surface area contributed by atoms with E-state index in [1.807, 2.05) is 30.3 Å². The zero-order valence-electron chi connectivity index (χ0n) is 9.97. The van der Waals surface area contributed by atoms with Crippen molar-refractivity contribution >= 4 is 11.9 Å². The van der Waals surface area contributed by atoms with Gasteiger partial charge in [0.25, 0.3) is 0 Å². The van der Waals surface area contributed by atoms with Gasteiger partial charge in [-0.3, -0.25) is 0 Å². The van der Waals surface area contributed by atoms with Crippen LogP contribution in [0.5, 0.6) is 0 Å².